The summed E-state index contributed by atoms with van der Waals surface area (Å²) in [5, 5.41) is 0. The third kappa shape index (κ3) is 2.66. The Morgan fingerprint density at radius 1 is 1.28 bits per heavy atom. The molecule has 2 rings (SSSR count). The van der Waals surface area contributed by atoms with Crippen molar-refractivity contribution in [1.29, 1.82) is 0 Å². The van der Waals surface area contributed by atoms with Gasteiger partial charge in [0, 0.05) is 29.5 Å². The maximum absolute atomic E-state index is 11.0. The largest absolute Gasteiger partial charge is 0.347 e. The number of carbonyl (C=O) groups is 1. The van der Waals surface area contributed by atoms with E-state index in [1.807, 2.05) is 13.0 Å². The van der Waals surface area contributed by atoms with Gasteiger partial charge in [0.05, 0.1) is 0 Å². The molecule has 1 fully saturated rings. The van der Waals surface area contributed by atoms with Gasteiger partial charge in [-0.3, -0.25) is 9.69 Å². The molecule has 1 atom stereocenters. The Morgan fingerprint density at radius 3 is 2.50 bits per heavy atom. The molecule has 100 valence electrons. The van der Waals surface area contributed by atoms with E-state index in [0.29, 0.717) is 6.04 Å². The number of carbonyl (C=O) groups excluding carboxylic acids is 1. The van der Waals surface area contributed by atoms with Crippen LogP contribution in [0.25, 0.3) is 0 Å². The van der Waals surface area contributed by atoms with Gasteiger partial charge in [-0.05, 0) is 52.8 Å². The van der Waals surface area contributed by atoms with E-state index in [-0.39, 0.29) is 0 Å². The first-order chi connectivity index (χ1) is 8.63. The highest BCUT2D eigenvalue weighted by Gasteiger charge is 2.18. The van der Waals surface area contributed by atoms with Gasteiger partial charge in [0.1, 0.15) is 0 Å². The van der Waals surface area contributed by atoms with Crippen LogP contribution in [-0.4, -0.2) is 34.9 Å². The van der Waals surface area contributed by atoms with E-state index >= 15 is 0 Å². The van der Waals surface area contributed by atoms with Crippen LogP contribution in [0.2, 0.25) is 0 Å². The fourth-order valence-corrected chi connectivity index (χ4v) is 2.97. The lowest BCUT2D eigenvalue weighted by molar-refractivity contribution is 0.112. The van der Waals surface area contributed by atoms with Crippen molar-refractivity contribution in [2.45, 2.75) is 52.6 Å². The zero-order chi connectivity index (χ0) is 13.1. The third-order valence-corrected chi connectivity index (χ3v) is 4.20. The summed E-state index contributed by atoms with van der Waals surface area (Å²) in [6.45, 7) is 9.86. The van der Waals surface area contributed by atoms with Crippen LogP contribution in [0.15, 0.2) is 6.07 Å². The summed E-state index contributed by atoms with van der Waals surface area (Å²) in [7, 11) is 0. The van der Waals surface area contributed by atoms with E-state index in [1.54, 1.807) is 0 Å². The lowest BCUT2D eigenvalue weighted by Gasteiger charge is -2.33. The molecular formula is C15H24N2O. The fraction of sp³-hybridized carbons (Fsp3) is 0.667. The monoisotopic (exact) mass is 248 g/mol. The zero-order valence-corrected chi connectivity index (χ0v) is 11.8. The lowest BCUT2D eigenvalue weighted by Crippen LogP contribution is -2.40. The normalized spacial score (nSPS) is 18.8. The molecule has 1 saturated heterocycles. The average Bonchev–Trinajstić information content (AvgIpc) is 2.67. The minimum absolute atomic E-state index is 0.551. The van der Waals surface area contributed by atoms with Crippen LogP contribution >= 0.6 is 0 Å². The van der Waals surface area contributed by atoms with Crippen molar-refractivity contribution >= 4 is 6.29 Å². The highest BCUT2D eigenvalue weighted by molar-refractivity contribution is 5.77. The number of hydrogen-bond donors (Lipinski definition) is 0. The first kappa shape index (κ1) is 13.3. The molecule has 3 heteroatoms. The smallest absolute Gasteiger partial charge is 0.151 e. The van der Waals surface area contributed by atoms with Crippen LogP contribution < -0.4 is 0 Å². The molecule has 1 aliphatic rings. The van der Waals surface area contributed by atoms with Crippen molar-refractivity contribution in [2.75, 3.05) is 13.1 Å². The van der Waals surface area contributed by atoms with Crippen LogP contribution in [0.5, 0.6) is 0 Å². The average molecular weight is 248 g/mol. The summed E-state index contributed by atoms with van der Waals surface area (Å²) in [6, 6.07) is 2.54. The van der Waals surface area contributed by atoms with E-state index in [2.05, 4.69) is 23.3 Å². The molecule has 0 spiro atoms. The van der Waals surface area contributed by atoms with E-state index in [0.717, 1.165) is 24.1 Å². The third-order valence-electron chi connectivity index (χ3n) is 4.20. The number of likely N-dealkylation sites (tertiary alicyclic amines) is 1. The van der Waals surface area contributed by atoms with E-state index in [9.17, 15) is 4.79 Å². The summed E-state index contributed by atoms with van der Waals surface area (Å²) in [6.07, 6.45) is 4.99. The second kappa shape index (κ2) is 5.70. The topological polar surface area (TPSA) is 25.2 Å². The summed E-state index contributed by atoms with van der Waals surface area (Å²) < 4.78 is 2.28. The van der Waals surface area contributed by atoms with Crippen LogP contribution in [-0.2, 0) is 6.54 Å². The summed E-state index contributed by atoms with van der Waals surface area (Å²) >= 11 is 0. The van der Waals surface area contributed by atoms with Crippen molar-refractivity contribution in [1.82, 2.24) is 9.47 Å². The quantitative estimate of drug-likeness (QED) is 0.766. The predicted molar refractivity (Wildman–Crippen MR) is 74.2 cm³/mol. The fourth-order valence-electron chi connectivity index (χ4n) is 2.97. The van der Waals surface area contributed by atoms with Crippen molar-refractivity contribution in [2.24, 2.45) is 0 Å². The van der Waals surface area contributed by atoms with Crippen molar-refractivity contribution in [3.63, 3.8) is 0 Å². The molecule has 3 nitrogen and oxygen atoms in total. The Balaban J connectivity index is 2.08. The number of nitrogens with zero attached hydrogens (tertiary/aromatic N) is 2. The molecule has 1 aromatic rings. The van der Waals surface area contributed by atoms with Gasteiger partial charge in [0.2, 0.25) is 0 Å². The molecule has 1 aromatic heterocycles. The Labute approximate surface area is 110 Å². The molecule has 0 N–H and O–H groups in total. The molecule has 1 unspecified atom stereocenters. The van der Waals surface area contributed by atoms with Crippen LogP contribution in [0.3, 0.4) is 0 Å². The molecule has 18 heavy (non-hydrogen) atoms. The molecule has 0 aliphatic carbocycles. The number of aromatic nitrogens is 1. The molecule has 0 bridgehead atoms. The minimum atomic E-state index is 0.551. The van der Waals surface area contributed by atoms with Gasteiger partial charge in [0.25, 0.3) is 0 Å². The van der Waals surface area contributed by atoms with Crippen LogP contribution in [0.4, 0.5) is 0 Å². The Hall–Kier alpha value is -1.09. The summed E-state index contributed by atoms with van der Waals surface area (Å²) in [5.41, 5.74) is 3.13. The van der Waals surface area contributed by atoms with Crippen molar-refractivity contribution in [3.05, 3.63) is 23.0 Å². The number of aryl methyl sites for hydroxylation is 1. The van der Waals surface area contributed by atoms with Gasteiger partial charge in [-0.25, -0.2) is 0 Å². The van der Waals surface area contributed by atoms with Crippen molar-refractivity contribution < 1.29 is 4.79 Å². The standard InChI is InChI=1S/C15H24N2O/c1-12-9-15(11-18)14(3)17(12)10-13(2)16-7-5-4-6-8-16/h9,11,13H,4-8,10H2,1-3H3. The van der Waals surface area contributed by atoms with Gasteiger partial charge in [-0.2, -0.15) is 0 Å². The van der Waals surface area contributed by atoms with E-state index in [1.165, 1.54) is 38.0 Å². The molecule has 0 aromatic carbocycles. The molecule has 2 heterocycles. The molecular weight excluding hydrogens is 224 g/mol. The predicted octanol–water partition coefficient (Wildman–Crippen LogP) is 2.79. The highest BCUT2D eigenvalue weighted by Crippen LogP contribution is 2.17. The summed E-state index contributed by atoms with van der Waals surface area (Å²) in [5.74, 6) is 0. The SMILES string of the molecule is Cc1cc(C=O)c(C)n1CC(C)N1CCCCC1. The van der Waals surface area contributed by atoms with Gasteiger partial charge in [0.15, 0.2) is 6.29 Å². The van der Waals surface area contributed by atoms with Gasteiger partial charge in [-0.1, -0.05) is 6.42 Å². The molecule has 0 radical (unpaired) electrons. The maximum Gasteiger partial charge on any atom is 0.151 e. The van der Waals surface area contributed by atoms with E-state index < -0.39 is 0 Å². The molecule has 0 saturated carbocycles. The zero-order valence-electron chi connectivity index (χ0n) is 11.8. The second-order valence-corrected chi connectivity index (χ2v) is 5.50. The first-order valence-corrected chi connectivity index (χ1v) is 6.99. The maximum atomic E-state index is 11.0. The Morgan fingerprint density at radius 2 is 1.94 bits per heavy atom. The van der Waals surface area contributed by atoms with Gasteiger partial charge < -0.3 is 4.57 Å². The summed E-state index contributed by atoms with van der Waals surface area (Å²) in [4.78, 5) is 13.5. The van der Waals surface area contributed by atoms with Crippen LogP contribution in [0, 0.1) is 13.8 Å². The second-order valence-electron chi connectivity index (χ2n) is 5.50. The minimum Gasteiger partial charge on any atom is -0.347 e. The Kier molecular flexibility index (Phi) is 4.23. The first-order valence-electron chi connectivity index (χ1n) is 6.99. The van der Waals surface area contributed by atoms with Gasteiger partial charge in [-0.15, -0.1) is 0 Å². The van der Waals surface area contributed by atoms with E-state index in [4.69, 9.17) is 0 Å². The van der Waals surface area contributed by atoms with Crippen LogP contribution in [0.1, 0.15) is 47.9 Å². The Bertz CT molecular complexity index is 416. The number of piperidine rings is 1. The van der Waals surface area contributed by atoms with Gasteiger partial charge >= 0.3 is 0 Å². The molecule has 1 aliphatic heterocycles. The number of rotatable bonds is 4. The molecule has 0 amide bonds. The van der Waals surface area contributed by atoms with Crippen molar-refractivity contribution in [3.8, 4) is 0 Å². The highest BCUT2D eigenvalue weighted by atomic mass is 16.1. The number of hydrogen-bond acceptors (Lipinski definition) is 2. The number of aldehydes is 1. The lowest BCUT2D eigenvalue weighted by atomic mass is 10.1.